The molecule has 3 aromatic rings. The maximum atomic E-state index is 13.8. The van der Waals surface area contributed by atoms with Gasteiger partial charge in [-0.1, -0.05) is 54.6 Å². The molecule has 0 unspecified atom stereocenters. The first-order valence-electron chi connectivity index (χ1n) is 13.4. The lowest BCUT2D eigenvalue weighted by molar-refractivity contribution is -0.133. The number of nitrogens with zero attached hydrogens (tertiary/aromatic N) is 1. The van der Waals surface area contributed by atoms with Crippen molar-refractivity contribution >= 4 is 34.5 Å². The van der Waals surface area contributed by atoms with Crippen LogP contribution in [0.5, 0.6) is 5.75 Å². The number of ether oxygens (including phenoxy) is 1. The third-order valence-corrected chi connectivity index (χ3v) is 7.54. The first-order chi connectivity index (χ1) is 19.7. The SMILES string of the molecule is COc1cccc(CCNC(=O)[C@@H]([C@H]([C@H](O)CO)[C@@H](C)O)N(Cc2ccc(I)cc2)C(=O)NCc2ccccc2)c1. The van der Waals surface area contributed by atoms with Crippen molar-refractivity contribution < 1.29 is 29.6 Å². The number of aliphatic hydroxyl groups is 3. The highest BCUT2D eigenvalue weighted by molar-refractivity contribution is 14.1. The number of urea groups is 1. The Kier molecular flexibility index (Phi) is 12.9. The molecule has 3 aromatic carbocycles. The van der Waals surface area contributed by atoms with Gasteiger partial charge in [-0.05, 0) is 76.9 Å². The summed E-state index contributed by atoms with van der Waals surface area (Å²) in [4.78, 5) is 28.9. The van der Waals surface area contributed by atoms with Crippen molar-refractivity contribution in [2.75, 3.05) is 20.3 Å². The number of methoxy groups -OCH3 is 1. The molecule has 0 aromatic heterocycles. The first-order valence-corrected chi connectivity index (χ1v) is 14.5. The second-order valence-electron chi connectivity index (χ2n) is 9.80. The van der Waals surface area contributed by atoms with Gasteiger partial charge in [-0.3, -0.25) is 4.79 Å². The van der Waals surface area contributed by atoms with Gasteiger partial charge < -0.3 is 35.6 Å². The Labute approximate surface area is 254 Å². The maximum absolute atomic E-state index is 13.8. The van der Waals surface area contributed by atoms with Crippen molar-refractivity contribution in [1.29, 1.82) is 0 Å². The zero-order chi connectivity index (χ0) is 29.8. The van der Waals surface area contributed by atoms with E-state index in [1.54, 1.807) is 7.11 Å². The highest BCUT2D eigenvalue weighted by atomic mass is 127. The van der Waals surface area contributed by atoms with Crippen LogP contribution in [-0.4, -0.2) is 70.7 Å². The molecule has 5 N–H and O–H groups in total. The number of halogens is 1. The average Bonchev–Trinajstić information content (AvgIpc) is 2.98. The van der Waals surface area contributed by atoms with Crippen molar-refractivity contribution in [1.82, 2.24) is 15.5 Å². The Morgan fingerprint density at radius 3 is 2.24 bits per heavy atom. The molecule has 10 heteroatoms. The van der Waals surface area contributed by atoms with Crippen LogP contribution < -0.4 is 15.4 Å². The zero-order valence-electron chi connectivity index (χ0n) is 23.2. The van der Waals surface area contributed by atoms with E-state index in [1.807, 2.05) is 78.9 Å². The molecular weight excluding hydrogens is 637 g/mol. The van der Waals surface area contributed by atoms with Gasteiger partial charge in [0.2, 0.25) is 5.91 Å². The number of hydrogen-bond donors (Lipinski definition) is 5. The van der Waals surface area contributed by atoms with Gasteiger partial charge in [0.1, 0.15) is 11.8 Å². The lowest BCUT2D eigenvalue weighted by atomic mass is 9.87. The molecule has 3 rings (SSSR count). The van der Waals surface area contributed by atoms with Crippen molar-refractivity contribution in [3.05, 3.63) is 99.1 Å². The summed E-state index contributed by atoms with van der Waals surface area (Å²) in [5, 5.41) is 37.0. The minimum atomic E-state index is -1.45. The molecule has 0 fully saturated rings. The Hall–Kier alpha value is -3.19. The zero-order valence-corrected chi connectivity index (χ0v) is 25.4. The van der Waals surface area contributed by atoms with E-state index in [9.17, 15) is 24.9 Å². The molecule has 0 aliphatic carbocycles. The minimum absolute atomic E-state index is 0.0346. The van der Waals surface area contributed by atoms with Crippen LogP contribution in [0.15, 0.2) is 78.9 Å². The van der Waals surface area contributed by atoms with E-state index >= 15 is 0 Å². The van der Waals surface area contributed by atoms with Crippen LogP contribution in [0.3, 0.4) is 0 Å². The highest BCUT2D eigenvalue weighted by Gasteiger charge is 2.42. The summed E-state index contributed by atoms with van der Waals surface area (Å²) < 4.78 is 6.29. The molecule has 0 bridgehead atoms. The Balaban J connectivity index is 1.92. The second kappa shape index (κ2) is 16.3. The summed E-state index contributed by atoms with van der Waals surface area (Å²) in [5.74, 6) is -1.01. The molecule has 0 radical (unpaired) electrons. The van der Waals surface area contributed by atoms with E-state index in [4.69, 9.17) is 4.74 Å². The fourth-order valence-corrected chi connectivity index (χ4v) is 5.02. The van der Waals surface area contributed by atoms with Gasteiger partial charge in [0.05, 0.1) is 25.9 Å². The van der Waals surface area contributed by atoms with Gasteiger partial charge in [0, 0.05) is 29.1 Å². The van der Waals surface area contributed by atoms with Crippen molar-refractivity contribution in [3.8, 4) is 5.75 Å². The van der Waals surface area contributed by atoms with E-state index in [2.05, 4.69) is 33.2 Å². The summed E-state index contributed by atoms with van der Waals surface area (Å²) >= 11 is 2.19. The standard InChI is InChI=1S/C31H38IN3O6/c1-21(37)28(27(38)20-36)29(30(39)33-16-15-22-9-6-10-26(17-22)41-2)35(19-24-11-13-25(32)14-12-24)31(40)34-18-23-7-4-3-5-8-23/h3-14,17,21,27-29,36-38H,15-16,18-20H2,1-2H3,(H,33,39)(H,34,40)/t21-,27-,28+,29-/m1/s1. The Bertz CT molecular complexity index is 1240. The van der Waals surface area contributed by atoms with Crippen LogP contribution >= 0.6 is 22.6 Å². The first kappa shape index (κ1) is 32.3. The normalized spacial score (nSPS) is 13.9. The van der Waals surface area contributed by atoms with Gasteiger partial charge in [-0.2, -0.15) is 0 Å². The predicted molar refractivity (Wildman–Crippen MR) is 165 cm³/mol. The van der Waals surface area contributed by atoms with Gasteiger partial charge in [0.25, 0.3) is 0 Å². The molecule has 0 heterocycles. The summed E-state index contributed by atoms with van der Waals surface area (Å²) in [6.07, 6.45) is -2.17. The molecular formula is C31H38IN3O6. The fraction of sp³-hybridized carbons (Fsp3) is 0.355. The van der Waals surface area contributed by atoms with Crippen molar-refractivity contribution in [3.63, 3.8) is 0 Å². The number of carbonyl (C=O) groups excluding carboxylic acids is 2. The summed E-state index contributed by atoms with van der Waals surface area (Å²) in [6, 6.07) is 22.5. The number of benzene rings is 3. The molecule has 0 aliphatic rings. The molecule has 3 amide bonds. The summed E-state index contributed by atoms with van der Waals surface area (Å²) in [7, 11) is 1.58. The van der Waals surface area contributed by atoms with E-state index < -0.39 is 42.7 Å². The lowest BCUT2D eigenvalue weighted by Gasteiger charge is -2.39. The Morgan fingerprint density at radius 1 is 0.927 bits per heavy atom. The molecule has 0 saturated carbocycles. The number of carbonyl (C=O) groups is 2. The van der Waals surface area contributed by atoms with Crippen molar-refractivity contribution in [2.45, 2.75) is 44.7 Å². The fourth-order valence-electron chi connectivity index (χ4n) is 4.66. The number of aliphatic hydroxyl groups excluding tert-OH is 3. The number of amides is 3. The van der Waals surface area contributed by atoms with Gasteiger partial charge in [0.15, 0.2) is 0 Å². The van der Waals surface area contributed by atoms with Crippen LogP contribution in [0, 0.1) is 9.49 Å². The number of hydrogen-bond acceptors (Lipinski definition) is 6. The number of rotatable bonds is 14. The predicted octanol–water partition coefficient (Wildman–Crippen LogP) is 3.09. The summed E-state index contributed by atoms with van der Waals surface area (Å²) in [6.45, 7) is 1.24. The molecule has 9 nitrogen and oxygen atoms in total. The molecule has 0 spiro atoms. The van der Waals surface area contributed by atoms with Gasteiger partial charge in [-0.15, -0.1) is 0 Å². The van der Waals surface area contributed by atoms with E-state index in [0.717, 1.165) is 20.3 Å². The van der Waals surface area contributed by atoms with E-state index in [0.29, 0.717) is 12.2 Å². The van der Waals surface area contributed by atoms with Gasteiger partial charge in [-0.25, -0.2) is 4.79 Å². The average molecular weight is 676 g/mol. The van der Waals surface area contributed by atoms with Crippen LogP contribution in [-0.2, 0) is 24.3 Å². The minimum Gasteiger partial charge on any atom is -0.497 e. The lowest BCUT2D eigenvalue weighted by Crippen LogP contribution is -2.60. The van der Waals surface area contributed by atoms with Gasteiger partial charge >= 0.3 is 6.03 Å². The van der Waals surface area contributed by atoms with E-state index in [-0.39, 0.29) is 19.6 Å². The van der Waals surface area contributed by atoms with Crippen LogP contribution in [0.2, 0.25) is 0 Å². The molecule has 4 atom stereocenters. The quantitative estimate of drug-likeness (QED) is 0.167. The molecule has 0 aliphatic heterocycles. The monoisotopic (exact) mass is 675 g/mol. The smallest absolute Gasteiger partial charge is 0.318 e. The van der Waals surface area contributed by atoms with Crippen molar-refractivity contribution in [2.24, 2.45) is 5.92 Å². The van der Waals surface area contributed by atoms with Crippen LogP contribution in [0.4, 0.5) is 4.79 Å². The third-order valence-electron chi connectivity index (χ3n) is 6.82. The topological polar surface area (TPSA) is 131 Å². The summed E-state index contributed by atoms with van der Waals surface area (Å²) in [5.41, 5.74) is 2.58. The number of nitrogens with one attached hydrogen (secondary N) is 2. The molecule has 220 valence electrons. The third kappa shape index (κ3) is 9.70. The highest BCUT2D eigenvalue weighted by Crippen LogP contribution is 2.24. The van der Waals surface area contributed by atoms with Crippen LogP contribution in [0.25, 0.3) is 0 Å². The second-order valence-corrected chi connectivity index (χ2v) is 11.0. The van der Waals surface area contributed by atoms with E-state index in [1.165, 1.54) is 11.8 Å². The largest absolute Gasteiger partial charge is 0.497 e. The van der Waals surface area contributed by atoms with Crippen LogP contribution in [0.1, 0.15) is 23.6 Å². The Morgan fingerprint density at radius 2 is 1.61 bits per heavy atom. The maximum Gasteiger partial charge on any atom is 0.318 e. The molecule has 41 heavy (non-hydrogen) atoms. The molecule has 0 saturated heterocycles.